The molecule has 1 aromatic heterocycles. The topological polar surface area (TPSA) is 132 Å². The molecule has 11 nitrogen and oxygen atoms in total. The minimum atomic E-state index is -2.00. The van der Waals surface area contributed by atoms with Crippen molar-refractivity contribution in [3.63, 3.8) is 0 Å². The van der Waals surface area contributed by atoms with Gasteiger partial charge in [0.15, 0.2) is 30.0 Å². The Hall–Kier alpha value is -3.80. The molecule has 1 saturated heterocycles. The van der Waals surface area contributed by atoms with Gasteiger partial charge in [0, 0.05) is 18.7 Å². The van der Waals surface area contributed by atoms with Crippen LogP contribution in [0.1, 0.15) is 295 Å². The van der Waals surface area contributed by atoms with Gasteiger partial charge >= 0.3 is 11.7 Å². The number of unbranched alkanes of at least 4 members (excludes halogenated alkanes) is 34. The summed E-state index contributed by atoms with van der Waals surface area (Å²) < 4.78 is 41.4. The second-order valence-corrected chi connectivity index (χ2v) is 21.4. The largest absolute Gasteiger partial charge is 0.490 e. The minimum absolute atomic E-state index is 0.0208. The molecule has 74 heavy (non-hydrogen) atoms. The first-order valence-electron chi connectivity index (χ1n) is 30.4. The number of carbonyl (C=O) groups excluding carboxylic acids is 3. The van der Waals surface area contributed by atoms with Crippen LogP contribution in [0, 0.1) is 0 Å². The van der Waals surface area contributed by atoms with Gasteiger partial charge in [-0.1, -0.05) is 245 Å². The number of alkyl halides is 1. The number of Topliss-reactive ketones (excluding diaryl/α,β-unsaturated/α-hetero) is 1. The van der Waals surface area contributed by atoms with E-state index in [1.54, 1.807) is 19.1 Å². The van der Waals surface area contributed by atoms with E-state index in [4.69, 9.17) is 18.9 Å². The molecule has 0 N–H and O–H groups in total. The number of aromatic nitrogens is 2. The molecule has 0 bridgehead atoms. The van der Waals surface area contributed by atoms with Crippen molar-refractivity contribution in [1.29, 1.82) is 0 Å². The van der Waals surface area contributed by atoms with Crippen molar-refractivity contribution in [1.82, 2.24) is 9.13 Å². The van der Waals surface area contributed by atoms with E-state index in [1.807, 2.05) is 0 Å². The van der Waals surface area contributed by atoms with Gasteiger partial charge < -0.3 is 23.7 Å². The van der Waals surface area contributed by atoms with Gasteiger partial charge in [-0.3, -0.25) is 19.0 Å². The third-order valence-corrected chi connectivity index (χ3v) is 14.8. The van der Waals surface area contributed by atoms with Crippen molar-refractivity contribution in [2.24, 2.45) is 0 Å². The van der Waals surface area contributed by atoms with Crippen LogP contribution < -0.4 is 20.7 Å². The number of halogens is 1. The fourth-order valence-corrected chi connectivity index (χ4v) is 10.2. The molecule has 12 heteroatoms. The van der Waals surface area contributed by atoms with Gasteiger partial charge in [0.1, 0.15) is 11.9 Å². The summed E-state index contributed by atoms with van der Waals surface area (Å²) in [5.74, 6) is -1.38. The Kier molecular flexibility index (Phi) is 36.1. The number of hydrogen-bond donors (Lipinski definition) is 0. The highest BCUT2D eigenvalue weighted by molar-refractivity contribution is 5.99. The molecule has 0 spiro atoms. The lowest BCUT2D eigenvalue weighted by atomic mass is 10.0. The molecule has 1 aliphatic heterocycles. The molecule has 0 aliphatic carbocycles. The maximum absolute atomic E-state index is 16.1. The van der Waals surface area contributed by atoms with Gasteiger partial charge in [0.2, 0.25) is 0 Å². The number of rotatable bonds is 47. The van der Waals surface area contributed by atoms with E-state index in [1.165, 1.54) is 199 Å². The monoisotopic (exact) mass is 1040 g/mol. The molecule has 0 saturated carbocycles. The Bertz CT molecular complexity index is 1910. The summed E-state index contributed by atoms with van der Waals surface area (Å²) in [6.45, 7) is 8.35. The summed E-state index contributed by atoms with van der Waals surface area (Å²) in [4.78, 5) is 65.8. The summed E-state index contributed by atoms with van der Waals surface area (Å²) >= 11 is 0. The van der Waals surface area contributed by atoms with E-state index in [0.717, 1.165) is 61.8 Å². The molecule has 0 amide bonds. The van der Waals surface area contributed by atoms with Crippen LogP contribution in [-0.4, -0.2) is 58.4 Å². The number of esters is 1. The molecule has 2 aromatic rings. The number of nitrogens with zero attached hydrogens (tertiary/aromatic N) is 2. The summed E-state index contributed by atoms with van der Waals surface area (Å²) in [6, 6.07) is 5.90. The maximum atomic E-state index is 16.1. The Morgan fingerprint density at radius 1 is 0.554 bits per heavy atom. The van der Waals surface area contributed by atoms with Gasteiger partial charge in [0.05, 0.1) is 25.2 Å². The average Bonchev–Trinajstić information content (AvgIpc) is 3.70. The first kappa shape index (κ1) is 64.5. The molecule has 4 atom stereocenters. The summed E-state index contributed by atoms with van der Waals surface area (Å²) in [6.07, 6.45) is 41.1. The number of ether oxygens (including phenoxy) is 4. The van der Waals surface area contributed by atoms with Crippen LogP contribution in [0.3, 0.4) is 0 Å². The number of hydrogen-bond acceptors (Lipinski definition) is 9. The first-order chi connectivity index (χ1) is 36.1. The van der Waals surface area contributed by atoms with Gasteiger partial charge in [-0.05, 0) is 38.3 Å². The van der Waals surface area contributed by atoms with Crippen LogP contribution in [0.4, 0.5) is 4.39 Å². The summed E-state index contributed by atoms with van der Waals surface area (Å²) in [7, 11) is 0. The van der Waals surface area contributed by atoms with Crippen molar-refractivity contribution in [3.8, 4) is 11.5 Å². The van der Waals surface area contributed by atoms with Gasteiger partial charge in [-0.15, -0.1) is 0 Å². The third-order valence-electron chi connectivity index (χ3n) is 14.8. The molecule has 1 unspecified atom stereocenters. The van der Waals surface area contributed by atoms with Gasteiger partial charge in [0.25, 0.3) is 11.5 Å². The van der Waals surface area contributed by atoms with Crippen molar-refractivity contribution in [2.45, 2.75) is 303 Å². The molecule has 1 aliphatic rings. The SMILES string of the molecule is CCCCCCCCCCCCCCCCCCCCOc1cccc(C(=O)n2c(=O)ccn([C@@H]3O[C@H](CC)[C@H](OC(=O)CCC(C)=O)C3F)c2=O)c1OCCCCCCCCCCCCCCCCCCCC. The predicted molar refractivity (Wildman–Crippen MR) is 299 cm³/mol. The quantitative estimate of drug-likeness (QED) is 0.0469. The third kappa shape index (κ3) is 26.3. The van der Waals surface area contributed by atoms with Gasteiger partial charge in [-0.25, -0.2) is 9.18 Å². The van der Waals surface area contributed by atoms with Crippen LogP contribution in [0.15, 0.2) is 40.1 Å². The lowest BCUT2D eigenvalue weighted by Crippen LogP contribution is -2.45. The number of para-hydroxylation sites is 1. The van der Waals surface area contributed by atoms with Crippen molar-refractivity contribution >= 4 is 17.7 Å². The molecular weight excluding hydrogens is 936 g/mol. The number of benzene rings is 1. The standard InChI is InChI=1S/C62H103FN2O9/c1-5-8-10-12-14-16-18-20-22-24-26-28-30-32-34-36-38-40-49-71-54-44-42-43-52(58(54)72-50-41-39-37-35-33-31-29-27-25-23-21-19-17-15-13-11-9-6-2)60(69)65-55(67)47-48-64(62(65)70)61-57(63)59(53(7-3)73-61)74-56(68)46-45-51(4)66/h42-44,47-48,53,57,59,61H,5-41,45-46,49-50H2,1-4H3/t53-,57?,59+,61-/m1/s1. The van der Waals surface area contributed by atoms with Crippen LogP contribution in [0.5, 0.6) is 11.5 Å². The highest BCUT2D eigenvalue weighted by atomic mass is 19.1. The van der Waals surface area contributed by atoms with E-state index in [0.29, 0.717) is 23.5 Å². The fraction of sp³-hybridized carbons (Fsp3) is 0.790. The van der Waals surface area contributed by atoms with E-state index < -0.39 is 47.7 Å². The molecule has 3 rings (SSSR count). The first-order valence-corrected chi connectivity index (χ1v) is 30.4. The van der Waals surface area contributed by atoms with Crippen molar-refractivity contribution < 1.29 is 37.7 Å². The predicted octanol–water partition coefficient (Wildman–Crippen LogP) is 16.5. The summed E-state index contributed by atoms with van der Waals surface area (Å²) in [5, 5.41) is 0. The number of carbonyl (C=O) groups is 3. The van der Waals surface area contributed by atoms with E-state index in [-0.39, 0.29) is 36.4 Å². The van der Waals surface area contributed by atoms with E-state index in [2.05, 4.69) is 13.8 Å². The summed E-state index contributed by atoms with van der Waals surface area (Å²) in [5.41, 5.74) is -2.02. The van der Waals surface area contributed by atoms with Crippen LogP contribution in [-0.2, 0) is 19.1 Å². The zero-order valence-corrected chi connectivity index (χ0v) is 47.1. The van der Waals surface area contributed by atoms with Gasteiger partial charge in [-0.2, -0.15) is 4.57 Å². The van der Waals surface area contributed by atoms with Crippen LogP contribution in [0.25, 0.3) is 0 Å². The highest BCUT2D eigenvalue weighted by Gasteiger charge is 2.48. The minimum Gasteiger partial charge on any atom is -0.490 e. The molecule has 1 fully saturated rings. The second kappa shape index (κ2) is 41.4. The molecule has 2 heterocycles. The average molecular weight is 1040 g/mol. The lowest BCUT2D eigenvalue weighted by Gasteiger charge is -2.19. The number of ketones is 1. The highest BCUT2D eigenvalue weighted by Crippen LogP contribution is 2.36. The molecular formula is C62H103FN2O9. The Balaban J connectivity index is 1.54. The second-order valence-electron chi connectivity index (χ2n) is 21.4. The van der Waals surface area contributed by atoms with E-state index in [9.17, 15) is 24.0 Å². The maximum Gasteiger partial charge on any atom is 0.340 e. The Labute approximate surface area is 447 Å². The van der Waals surface area contributed by atoms with Crippen molar-refractivity contribution in [2.75, 3.05) is 13.2 Å². The molecule has 0 radical (unpaired) electrons. The normalized spacial score (nSPS) is 16.4. The molecule has 422 valence electrons. The van der Waals surface area contributed by atoms with E-state index >= 15 is 4.39 Å². The van der Waals surface area contributed by atoms with Crippen molar-refractivity contribution in [3.05, 3.63) is 56.9 Å². The Morgan fingerprint density at radius 3 is 1.39 bits per heavy atom. The zero-order valence-electron chi connectivity index (χ0n) is 47.1. The van der Waals surface area contributed by atoms with Crippen LogP contribution in [0.2, 0.25) is 0 Å². The Morgan fingerprint density at radius 2 is 0.973 bits per heavy atom. The van der Waals surface area contributed by atoms with Crippen LogP contribution >= 0.6 is 0 Å². The lowest BCUT2D eigenvalue weighted by molar-refractivity contribution is -0.154. The smallest absolute Gasteiger partial charge is 0.340 e. The fourth-order valence-electron chi connectivity index (χ4n) is 10.2. The zero-order chi connectivity index (χ0) is 53.4. The molecule has 1 aromatic carbocycles.